The Morgan fingerprint density at radius 2 is 1.87 bits per heavy atom. The normalized spacial score (nSPS) is 28.6. The average molecular weight is 351 g/mol. The van der Waals surface area contributed by atoms with Crippen LogP contribution in [0.25, 0.3) is 0 Å². The highest BCUT2D eigenvalue weighted by Gasteiger charge is 2.46. The Kier molecular flexibility index (Phi) is 4.73. The summed E-state index contributed by atoms with van der Waals surface area (Å²) in [4.78, 5) is 12.3. The van der Waals surface area contributed by atoms with Crippen LogP contribution in [0.15, 0.2) is 30.4 Å². The smallest absolute Gasteiger partial charge is 0.326 e. The summed E-state index contributed by atoms with van der Waals surface area (Å²) in [7, 11) is 0. The van der Waals surface area contributed by atoms with Crippen molar-refractivity contribution >= 4 is 24.0 Å². The Morgan fingerprint density at radius 3 is 2.43 bits per heavy atom. The van der Waals surface area contributed by atoms with E-state index in [1.54, 1.807) is 0 Å². The Hall–Kier alpha value is -1.60. The lowest BCUT2D eigenvalue weighted by molar-refractivity contribution is -0.140. The molecular weight excluding hydrogens is 336 g/mol. The van der Waals surface area contributed by atoms with Crippen molar-refractivity contribution in [3.8, 4) is 0 Å². The van der Waals surface area contributed by atoms with Crippen LogP contribution in [0.3, 0.4) is 0 Å². The molecule has 2 aliphatic rings. The fourth-order valence-electron chi connectivity index (χ4n) is 3.28. The van der Waals surface area contributed by atoms with Crippen molar-refractivity contribution in [2.75, 3.05) is 5.32 Å². The summed E-state index contributed by atoms with van der Waals surface area (Å²) >= 11 is 0. The van der Waals surface area contributed by atoms with Gasteiger partial charge in [-0.1, -0.05) is 12.2 Å². The largest absolute Gasteiger partial charge is 0.419 e. The second kappa shape index (κ2) is 6.13. The Balaban J connectivity index is 0.00000192. The van der Waals surface area contributed by atoms with Crippen LogP contribution in [0, 0.1) is 23.6 Å². The first-order valence-corrected chi connectivity index (χ1v) is 6.89. The van der Waals surface area contributed by atoms with Gasteiger partial charge in [0, 0.05) is 11.7 Å². The number of fused-ring (bicyclic) bond motifs is 2. The van der Waals surface area contributed by atoms with Crippen LogP contribution in [0.5, 0.6) is 0 Å². The number of anilines is 1. The van der Waals surface area contributed by atoms with E-state index in [0.717, 1.165) is 12.5 Å². The molecule has 1 amide bonds. The summed E-state index contributed by atoms with van der Waals surface area (Å²) in [6, 6.07) is 2.07. The van der Waals surface area contributed by atoms with Gasteiger partial charge in [-0.2, -0.15) is 13.2 Å². The molecule has 8 heteroatoms. The number of carbonyl (C=O) groups is 1. The lowest BCUT2D eigenvalue weighted by atomic mass is 9.88. The van der Waals surface area contributed by atoms with E-state index in [-0.39, 0.29) is 36.0 Å². The van der Waals surface area contributed by atoms with E-state index in [9.17, 15) is 22.4 Å². The lowest BCUT2D eigenvalue weighted by Gasteiger charge is -2.23. The molecular formula is C15H15ClF4N2O. The standard InChI is InChI=1S/C15H14F4N2O.ClH/c16-11-4-3-9(6-10(11)15(17,18)19)21-14(22)12-7-1-2-8(5-7)13(12)20;/h1-4,6-8,12-13H,5,20H2,(H,21,22);1H/t7-,8+,12+,13-;/m1./s1. The van der Waals surface area contributed by atoms with Gasteiger partial charge in [0.25, 0.3) is 0 Å². The molecule has 0 aliphatic heterocycles. The zero-order valence-electron chi connectivity index (χ0n) is 11.8. The third kappa shape index (κ3) is 3.21. The fourth-order valence-corrected chi connectivity index (χ4v) is 3.28. The third-order valence-electron chi connectivity index (χ3n) is 4.36. The monoisotopic (exact) mass is 350 g/mol. The van der Waals surface area contributed by atoms with Gasteiger partial charge in [0.15, 0.2) is 0 Å². The van der Waals surface area contributed by atoms with E-state index in [2.05, 4.69) is 5.32 Å². The van der Waals surface area contributed by atoms with Crippen LogP contribution in [0.2, 0.25) is 0 Å². The molecule has 1 aromatic rings. The van der Waals surface area contributed by atoms with Crippen molar-refractivity contribution in [3.63, 3.8) is 0 Å². The molecule has 0 heterocycles. The number of hydrogen-bond acceptors (Lipinski definition) is 2. The minimum absolute atomic E-state index is 0. The number of rotatable bonds is 2. The molecule has 0 spiro atoms. The minimum Gasteiger partial charge on any atom is -0.326 e. The molecule has 0 aromatic heterocycles. The van der Waals surface area contributed by atoms with Crippen molar-refractivity contribution in [2.24, 2.45) is 23.5 Å². The summed E-state index contributed by atoms with van der Waals surface area (Å²) in [5, 5.41) is 2.42. The van der Waals surface area contributed by atoms with E-state index in [1.165, 1.54) is 0 Å². The van der Waals surface area contributed by atoms with Gasteiger partial charge < -0.3 is 11.1 Å². The molecule has 3 nitrogen and oxygen atoms in total. The molecule has 1 aromatic carbocycles. The predicted molar refractivity (Wildman–Crippen MR) is 79.5 cm³/mol. The van der Waals surface area contributed by atoms with E-state index >= 15 is 0 Å². The predicted octanol–water partition coefficient (Wildman–Crippen LogP) is 3.35. The molecule has 2 aliphatic carbocycles. The zero-order valence-corrected chi connectivity index (χ0v) is 12.6. The number of benzene rings is 1. The average Bonchev–Trinajstić information content (AvgIpc) is 3.00. The maximum atomic E-state index is 13.2. The molecule has 0 saturated heterocycles. The van der Waals surface area contributed by atoms with Crippen LogP contribution < -0.4 is 11.1 Å². The second-order valence-corrected chi connectivity index (χ2v) is 5.73. The highest BCUT2D eigenvalue weighted by molar-refractivity contribution is 5.94. The number of amides is 1. The van der Waals surface area contributed by atoms with Gasteiger partial charge in [-0.3, -0.25) is 4.79 Å². The SMILES string of the molecule is Cl.N[C@H]1[C@@H](C(=O)Nc2ccc(F)c(C(F)(F)F)c2)[C@@H]2C=C[C@H]1C2. The maximum Gasteiger partial charge on any atom is 0.419 e. The highest BCUT2D eigenvalue weighted by Crippen LogP contribution is 2.43. The fraction of sp³-hybridized carbons (Fsp3) is 0.400. The van der Waals surface area contributed by atoms with Crippen LogP contribution in [-0.2, 0) is 11.0 Å². The first-order valence-electron chi connectivity index (χ1n) is 6.89. The molecule has 4 atom stereocenters. The van der Waals surface area contributed by atoms with Crippen molar-refractivity contribution in [3.05, 3.63) is 41.7 Å². The molecule has 3 N–H and O–H groups in total. The van der Waals surface area contributed by atoms with E-state index in [4.69, 9.17) is 5.73 Å². The maximum absolute atomic E-state index is 13.2. The van der Waals surface area contributed by atoms with Gasteiger partial charge in [0.1, 0.15) is 5.82 Å². The molecule has 1 fully saturated rings. The van der Waals surface area contributed by atoms with Crippen molar-refractivity contribution in [1.82, 2.24) is 0 Å². The summed E-state index contributed by atoms with van der Waals surface area (Å²) in [5.74, 6) is -2.11. The van der Waals surface area contributed by atoms with Gasteiger partial charge in [-0.05, 0) is 36.5 Å². The number of allylic oxidation sites excluding steroid dienone is 1. The summed E-state index contributed by atoms with van der Waals surface area (Å²) in [6.07, 6.45) is -0.129. The highest BCUT2D eigenvalue weighted by atomic mass is 35.5. The van der Waals surface area contributed by atoms with E-state index in [0.29, 0.717) is 12.1 Å². The van der Waals surface area contributed by atoms with Crippen LogP contribution in [-0.4, -0.2) is 11.9 Å². The number of carbonyl (C=O) groups excluding carboxylic acids is 1. The van der Waals surface area contributed by atoms with Gasteiger partial charge in [-0.15, -0.1) is 12.4 Å². The van der Waals surface area contributed by atoms with E-state index in [1.807, 2.05) is 12.2 Å². The molecule has 126 valence electrons. The molecule has 23 heavy (non-hydrogen) atoms. The van der Waals surface area contributed by atoms with Gasteiger partial charge in [0.2, 0.25) is 5.91 Å². The first-order chi connectivity index (χ1) is 10.3. The van der Waals surface area contributed by atoms with Crippen molar-refractivity contribution in [2.45, 2.75) is 18.6 Å². The quantitative estimate of drug-likeness (QED) is 0.635. The van der Waals surface area contributed by atoms with Crippen LogP contribution in [0.1, 0.15) is 12.0 Å². The van der Waals surface area contributed by atoms with Gasteiger partial charge >= 0.3 is 6.18 Å². The molecule has 3 rings (SSSR count). The lowest BCUT2D eigenvalue weighted by Crippen LogP contribution is -2.41. The number of halogens is 5. The zero-order chi connectivity index (χ0) is 16.1. The molecule has 0 radical (unpaired) electrons. The number of alkyl halides is 3. The number of hydrogen-bond donors (Lipinski definition) is 2. The van der Waals surface area contributed by atoms with Gasteiger partial charge in [0.05, 0.1) is 11.5 Å². The van der Waals surface area contributed by atoms with Crippen molar-refractivity contribution in [1.29, 1.82) is 0 Å². The Morgan fingerprint density at radius 1 is 1.22 bits per heavy atom. The first kappa shape index (κ1) is 17.7. The number of nitrogens with two attached hydrogens (primary N) is 1. The summed E-state index contributed by atoms with van der Waals surface area (Å²) in [5.41, 5.74) is 4.50. The topological polar surface area (TPSA) is 55.1 Å². The summed E-state index contributed by atoms with van der Waals surface area (Å²) in [6.45, 7) is 0. The van der Waals surface area contributed by atoms with E-state index < -0.39 is 29.4 Å². The van der Waals surface area contributed by atoms with Crippen LogP contribution >= 0.6 is 12.4 Å². The summed E-state index contributed by atoms with van der Waals surface area (Å²) < 4.78 is 51.2. The molecule has 0 unspecified atom stereocenters. The number of nitrogens with one attached hydrogen (secondary N) is 1. The van der Waals surface area contributed by atoms with Crippen molar-refractivity contribution < 1.29 is 22.4 Å². The minimum atomic E-state index is -4.81. The second-order valence-electron chi connectivity index (χ2n) is 5.73. The van der Waals surface area contributed by atoms with Crippen LogP contribution in [0.4, 0.5) is 23.2 Å². The Bertz CT molecular complexity index is 647. The molecule has 2 bridgehead atoms. The van der Waals surface area contributed by atoms with Gasteiger partial charge in [-0.25, -0.2) is 4.39 Å². The molecule has 1 saturated carbocycles. The Labute approximate surface area is 136 Å². The third-order valence-corrected chi connectivity index (χ3v) is 4.36.